The Morgan fingerprint density at radius 1 is 0.873 bits per heavy atom. The van der Waals surface area contributed by atoms with E-state index in [0.717, 1.165) is 10.5 Å². The van der Waals surface area contributed by atoms with Crippen molar-refractivity contribution in [1.29, 1.82) is 0 Å². The van der Waals surface area contributed by atoms with Gasteiger partial charge in [-0.1, -0.05) is 81.5 Å². The zero-order chi connectivity index (χ0) is 53.5. The number of amides is 7. The van der Waals surface area contributed by atoms with Gasteiger partial charge >= 0.3 is 11.9 Å². The number of allylic oxidation sites excluding steroid dienone is 2. The summed E-state index contributed by atoms with van der Waals surface area (Å²) in [5.74, 6) is -12.0. The van der Waals surface area contributed by atoms with Crippen LogP contribution in [0.2, 0.25) is 0 Å². The van der Waals surface area contributed by atoms with Gasteiger partial charge < -0.3 is 63.2 Å². The van der Waals surface area contributed by atoms with Crippen LogP contribution in [0, 0.1) is 17.8 Å². The van der Waals surface area contributed by atoms with Crippen molar-refractivity contribution in [2.45, 2.75) is 115 Å². The third-order valence-electron chi connectivity index (χ3n) is 11.9. The minimum atomic E-state index is -1.88. The van der Waals surface area contributed by atoms with E-state index in [0.29, 0.717) is 17.7 Å². The number of aliphatic imine (C=N–C) groups is 1. The van der Waals surface area contributed by atoms with Crippen molar-refractivity contribution in [3.05, 3.63) is 72.0 Å². The topological polar surface area (TPSA) is 343 Å². The average molecular weight is 1010 g/mol. The van der Waals surface area contributed by atoms with Crippen molar-refractivity contribution in [3.63, 3.8) is 0 Å². The number of nitrogens with one attached hydrogen (secondary N) is 6. The summed E-state index contributed by atoms with van der Waals surface area (Å²) < 4.78 is 5.81. The number of hydrogen-bond acceptors (Lipinski definition) is 12. The summed E-state index contributed by atoms with van der Waals surface area (Å²) in [4.78, 5) is 126. The molecule has 10 atom stereocenters. The first-order valence-corrected chi connectivity index (χ1v) is 24.5. The van der Waals surface area contributed by atoms with Gasteiger partial charge in [-0.3, -0.25) is 38.6 Å². The van der Waals surface area contributed by atoms with E-state index < -0.39 is 120 Å². The number of nitrogens with zero attached hydrogens (tertiary/aromatic N) is 2. The molecule has 23 heteroatoms. The molecule has 22 nitrogen and oxygen atoms in total. The highest BCUT2D eigenvalue weighted by Crippen LogP contribution is 2.19. The van der Waals surface area contributed by atoms with E-state index in [9.17, 15) is 53.4 Å². The molecule has 0 aromatic heterocycles. The third kappa shape index (κ3) is 20.2. The molecule has 1 aliphatic rings. The van der Waals surface area contributed by atoms with E-state index in [2.05, 4.69) is 43.5 Å². The molecule has 71 heavy (non-hydrogen) atoms. The van der Waals surface area contributed by atoms with Gasteiger partial charge in [0.2, 0.25) is 35.4 Å². The summed E-state index contributed by atoms with van der Waals surface area (Å²) >= 11 is 1.33. The normalized spacial score (nSPS) is 25.2. The van der Waals surface area contributed by atoms with Crippen LogP contribution in [-0.4, -0.2) is 149 Å². The molecule has 392 valence electrons. The highest BCUT2D eigenvalue weighted by molar-refractivity contribution is 7.98. The van der Waals surface area contributed by atoms with Crippen LogP contribution >= 0.6 is 11.8 Å². The molecular weight excluding hydrogens is 941 g/mol. The SMILES string of the molecule is C=C1C(=O)NC(C)C(=O)NC(CCSC)C(=O)NC(C(=O)O)C(C)C(=O)NC(CCCN=C(N)N)C(=O)NC(C=CC(C)=CC(C)C(Cc2ccccc2)OC)C(C)C(=O)NC(C(=O)O)CCC(=O)N1C. The highest BCUT2D eigenvalue weighted by atomic mass is 32.2. The number of carboxylic acids is 2. The van der Waals surface area contributed by atoms with Gasteiger partial charge in [0.15, 0.2) is 5.96 Å². The van der Waals surface area contributed by atoms with E-state index in [4.69, 9.17) is 16.2 Å². The van der Waals surface area contributed by atoms with Gasteiger partial charge in [0, 0.05) is 33.0 Å². The maximum atomic E-state index is 14.4. The van der Waals surface area contributed by atoms with Crippen LogP contribution in [0.4, 0.5) is 0 Å². The molecule has 1 aromatic rings. The summed E-state index contributed by atoms with van der Waals surface area (Å²) in [7, 11) is 2.82. The van der Waals surface area contributed by atoms with Crippen molar-refractivity contribution in [1.82, 2.24) is 36.8 Å². The van der Waals surface area contributed by atoms with Gasteiger partial charge in [-0.25, -0.2) is 9.59 Å². The predicted octanol–water partition coefficient (Wildman–Crippen LogP) is 0.325. The number of thioether (sulfide) groups is 1. The first-order chi connectivity index (χ1) is 33.4. The Morgan fingerprint density at radius 3 is 2.07 bits per heavy atom. The molecular formula is C48H72N10O12S. The molecule has 0 saturated carbocycles. The minimum absolute atomic E-state index is 0.00726. The standard InChI is InChI=1S/C48H72N10O12S/c1-26(24-27(2)37(70-8)25-32-14-11-10-12-15-32)17-18-33-28(3)40(60)56-36(46(66)67)19-20-38(59)58(7)31(6)43(63)52-30(5)42(62)55-35(21-23-71-9)45(65)57-39(47(68)69)29(4)41(61)54-34(44(64)53-33)16-13-22-51-48(49)50/h10-12,14-15,17-18,24,27-30,33-37,39H,6,13,16,19-23,25H2,1-5,7-9H3,(H,52,63)(H,53,64)(H,54,61)(H,55,62)(H,56,60)(H,57,65)(H,66,67)(H,68,69)(H4,49,50,51). The van der Waals surface area contributed by atoms with Gasteiger partial charge in [-0.05, 0) is 63.5 Å². The van der Waals surface area contributed by atoms with Gasteiger partial charge in [-0.15, -0.1) is 0 Å². The summed E-state index contributed by atoms with van der Waals surface area (Å²) in [6, 6.07) is 1.01. The Labute approximate surface area is 419 Å². The molecule has 10 unspecified atom stereocenters. The lowest BCUT2D eigenvalue weighted by Gasteiger charge is -2.28. The second kappa shape index (κ2) is 30.1. The second-order valence-electron chi connectivity index (χ2n) is 17.4. The molecule has 1 aromatic carbocycles. The zero-order valence-corrected chi connectivity index (χ0v) is 42.5. The molecule has 1 heterocycles. The fourth-order valence-corrected chi connectivity index (χ4v) is 7.73. The van der Waals surface area contributed by atoms with Crippen LogP contribution in [0.5, 0.6) is 0 Å². The second-order valence-corrected chi connectivity index (χ2v) is 18.4. The summed E-state index contributed by atoms with van der Waals surface area (Å²) in [5, 5.41) is 35.5. The van der Waals surface area contributed by atoms with E-state index >= 15 is 0 Å². The Kier molecular flexibility index (Phi) is 25.6. The summed E-state index contributed by atoms with van der Waals surface area (Å²) in [5.41, 5.74) is 12.4. The van der Waals surface area contributed by atoms with E-state index in [1.807, 2.05) is 43.3 Å². The molecule has 0 bridgehead atoms. The minimum Gasteiger partial charge on any atom is -0.480 e. The number of hydrogen-bond donors (Lipinski definition) is 10. The number of carbonyl (C=O) groups excluding carboxylic acids is 7. The van der Waals surface area contributed by atoms with E-state index in [-0.39, 0.29) is 43.8 Å². The number of guanidine groups is 1. The lowest BCUT2D eigenvalue weighted by atomic mass is 9.94. The van der Waals surface area contributed by atoms with Gasteiger partial charge in [0.25, 0.3) is 5.91 Å². The number of aliphatic carboxylic acids is 2. The van der Waals surface area contributed by atoms with Crippen LogP contribution in [-0.2, 0) is 54.3 Å². The van der Waals surface area contributed by atoms with Crippen molar-refractivity contribution < 1.29 is 58.1 Å². The van der Waals surface area contributed by atoms with Crippen molar-refractivity contribution in [2.75, 3.05) is 32.7 Å². The van der Waals surface area contributed by atoms with E-state index in [1.165, 1.54) is 45.7 Å². The van der Waals surface area contributed by atoms with Crippen molar-refractivity contribution >= 4 is 71.0 Å². The maximum absolute atomic E-state index is 14.4. The first kappa shape index (κ1) is 60.4. The number of carboxylic acid groups (broad SMARTS) is 2. The molecule has 0 aliphatic carbocycles. The van der Waals surface area contributed by atoms with Gasteiger partial charge in [0.05, 0.1) is 24.0 Å². The Hall–Kier alpha value is -6.75. The highest BCUT2D eigenvalue weighted by Gasteiger charge is 2.37. The number of likely N-dealkylation sites (N-methyl/N-ethyl adjacent to an activating group) is 1. The fraction of sp³-hybridized carbons (Fsp3) is 0.542. The molecule has 2 rings (SSSR count). The first-order valence-electron chi connectivity index (χ1n) is 23.1. The van der Waals surface area contributed by atoms with Crippen LogP contribution in [0.3, 0.4) is 0 Å². The number of methoxy groups -OCH3 is 1. The van der Waals surface area contributed by atoms with Crippen LogP contribution in [0.15, 0.2) is 71.4 Å². The molecule has 1 fully saturated rings. The smallest absolute Gasteiger partial charge is 0.327 e. The van der Waals surface area contributed by atoms with Gasteiger partial charge in [-0.2, -0.15) is 11.8 Å². The Morgan fingerprint density at radius 2 is 1.48 bits per heavy atom. The molecule has 12 N–H and O–H groups in total. The molecule has 1 aliphatic heterocycles. The fourth-order valence-electron chi connectivity index (χ4n) is 7.26. The lowest BCUT2D eigenvalue weighted by Crippen LogP contribution is -2.59. The van der Waals surface area contributed by atoms with Crippen LogP contribution in [0.1, 0.15) is 72.3 Å². The molecule has 1 saturated heterocycles. The van der Waals surface area contributed by atoms with Crippen molar-refractivity contribution in [3.8, 4) is 0 Å². The number of carbonyl (C=O) groups is 9. The third-order valence-corrected chi connectivity index (χ3v) is 12.5. The number of nitrogens with two attached hydrogens (primary N) is 2. The zero-order valence-electron chi connectivity index (χ0n) is 41.7. The van der Waals surface area contributed by atoms with E-state index in [1.54, 1.807) is 26.4 Å². The Balaban J connectivity index is 2.72. The molecule has 0 radical (unpaired) electrons. The molecule has 7 amide bonds. The largest absolute Gasteiger partial charge is 0.480 e. The summed E-state index contributed by atoms with van der Waals surface area (Å²) in [6.07, 6.45) is 6.38. The monoisotopic (exact) mass is 1010 g/mol. The Bertz CT molecular complexity index is 2150. The number of rotatable bonds is 16. The maximum Gasteiger partial charge on any atom is 0.327 e. The predicted molar refractivity (Wildman–Crippen MR) is 268 cm³/mol. The van der Waals surface area contributed by atoms with Crippen molar-refractivity contribution in [2.24, 2.45) is 34.2 Å². The van der Waals surface area contributed by atoms with Crippen LogP contribution in [0.25, 0.3) is 0 Å². The quantitative estimate of drug-likeness (QED) is 0.0351. The van der Waals surface area contributed by atoms with Crippen LogP contribution < -0.4 is 43.4 Å². The lowest BCUT2D eigenvalue weighted by molar-refractivity contribution is -0.146. The summed E-state index contributed by atoms with van der Waals surface area (Å²) in [6.45, 7) is 11.4. The number of ether oxygens (including phenoxy) is 1. The molecule has 0 spiro atoms. The average Bonchev–Trinajstić information content (AvgIpc) is 3.32. The van der Waals surface area contributed by atoms with Gasteiger partial charge in [0.1, 0.15) is 35.9 Å². The number of benzene rings is 1.